The number of thiophene rings is 1. The van der Waals surface area contributed by atoms with Gasteiger partial charge >= 0.3 is 0 Å². The summed E-state index contributed by atoms with van der Waals surface area (Å²) in [4.78, 5) is 0. The van der Waals surface area contributed by atoms with Crippen LogP contribution in [0.4, 0.5) is 5.00 Å². The van der Waals surface area contributed by atoms with Crippen LogP contribution < -0.4 is 5.73 Å². The fourth-order valence-electron chi connectivity index (χ4n) is 1.03. The molecule has 0 aromatic carbocycles. The molecule has 2 aromatic heterocycles. The van der Waals surface area contributed by atoms with Crippen LogP contribution in [-0.2, 0) is 7.05 Å². The molecular formula is C7H8N4S. The van der Waals surface area contributed by atoms with Crippen LogP contribution in [-0.4, -0.2) is 14.8 Å². The minimum atomic E-state index is 0.783. The number of anilines is 1. The second-order valence-electron chi connectivity index (χ2n) is 2.46. The van der Waals surface area contributed by atoms with E-state index >= 15 is 0 Å². The minimum Gasteiger partial charge on any atom is -0.390 e. The minimum absolute atomic E-state index is 0.783. The maximum absolute atomic E-state index is 5.74. The third-order valence-electron chi connectivity index (χ3n) is 1.65. The Bertz CT molecular complexity index is 351. The molecule has 2 aromatic rings. The predicted molar refractivity (Wildman–Crippen MR) is 48.7 cm³/mol. The Labute approximate surface area is 73.7 Å². The number of aryl methyl sites for hydroxylation is 1. The fourth-order valence-corrected chi connectivity index (χ4v) is 1.67. The number of rotatable bonds is 1. The lowest BCUT2D eigenvalue weighted by atomic mass is 10.3. The van der Waals surface area contributed by atoms with Crippen LogP contribution in [0.1, 0.15) is 0 Å². The van der Waals surface area contributed by atoms with Gasteiger partial charge in [-0.3, -0.25) is 0 Å². The van der Waals surface area contributed by atoms with Crippen molar-refractivity contribution in [1.82, 2.24) is 14.8 Å². The highest BCUT2D eigenvalue weighted by Gasteiger charge is 2.08. The molecule has 0 unspecified atom stereocenters. The summed E-state index contributed by atoms with van der Waals surface area (Å²) in [6.07, 6.45) is 1.66. The highest BCUT2D eigenvalue weighted by molar-refractivity contribution is 7.14. The summed E-state index contributed by atoms with van der Waals surface area (Å²) in [5.74, 6) is 0.814. The Morgan fingerprint density at radius 3 is 2.92 bits per heavy atom. The first-order valence-corrected chi connectivity index (χ1v) is 4.34. The molecule has 0 spiro atoms. The smallest absolute Gasteiger partial charge is 0.166 e. The van der Waals surface area contributed by atoms with E-state index in [0.717, 1.165) is 16.4 Å². The monoisotopic (exact) mass is 180 g/mol. The van der Waals surface area contributed by atoms with Gasteiger partial charge in [0.1, 0.15) is 6.33 Å². The topological polar surface area (TPSA) is 56.7 Å². The largest absolute Gasteiger partial charge is 0.390 e. The van der Waals surface area contributed by atoms with Crippen molar-refractivity contribution in [1.29, 1.82) is 0 Å². The Morgan fingerprint density at radius 2 is 2.42 bits per heavy atom. The van der Waals surface area contributed by atoms with Gasteiger partial charge in [-0.15, -0.1) is 21.5 Å². The van der Waals surface area contributed by atoms with Crippen molar-refractivity contribution >= 4 is 16.3 Å². The van der Waals surface area contributed by atoms with Crippen LogP contribution >= 0.6 is 11.3 Å². The van der Waals surface area contributed by atoms with E-state index in [-0.39, 0.29) is 0 Å². The molecule has 5 heteroatoms. The van der Waals surface area contributed by atoms with E-state index < -0.39 is 0 Å². The molecule has 62 valence electrons. The van der Waals surface area contributed by atoms with Gasteiger partial charge in [0.2, 0.25) is 0 Å². The van der Waals surface area contributed by atoms with E-state index in [1.807, 2.05) is 23.1 Å². The molecule has 0 aliphatic rings. The Balaban J connectivity index is 2.57. The number of nitrogens with zero attached hydrogens (tertiary/aromatic N) is 3. The van der Waals surface area contributed by atoms with Gasteiger partial charge in [0.15, 0.2) is 5.82 Å². The molecule has 0 amide bonds. The summed E-state index contributed by atoms with van der Waals surface area (Å²) < 4.78 is 1.85. The summed E-state index contributed by atoms with van der Waals surface area (Å²) in [6.45, 7) is 0. The van der Waals surface area contributed by atoms with E-state index in [0.29, 0.717) is 0 Å². The molecule has 0 atom stereocenters. The predicted octanol–water partition coefficient (Wildman–Crippen LogP) is 1.13. The molecule has 0 saturated heterocycles. The number of aromatic nitrogens is 3. The highest BCUT2D eigenvalue weighted by atomic mass is 32.1. The summed E-state index contributed by atoms with van der Waals surface area (Å²) >= 11 is 1.51. The van der Waals surface area contributed by atoms with Crippen molar-refractivity contribution in [3.05, 3.63) is 17.8 Å². The summed E-state index contributed by atoms with van der Waals surface area (Å²) in [5, 5.41) is 10.5. The van der Waals surface area contributed by atoms with Crippen molar-refractivity contribution in [2.45, 2.75) is 0 Å². The molecule has 0 aliphatic carbocycles. The van der Waals surface area contributed by atoms with Crippen LogP contribution in [0.15, 0.2) is 17.8 Å². The van der Waals surface area contributed by atoms with Gasteiger partial charge in [-0.25, -0.2) is 0 Å². The van der Waals surface area contributed by atoms with Crippen molar-refractivity contribution in [3.63, 3.8) is 0 Å². The lowest BCUT2D eigenvalue weighted by Gasteiger charge is -1.96. The Morgan fingerprint density at radius 1 is 1.58 bits per heavy atom. The van der Waals surface area contributed by atoms with Gasteiger partial charge in [-0.05, 0) is 11.4 Å². The van der Waals surface area contributed by atoms with Gasteiger partial charge in [0.05, 0.1) is 10.6 Å². The van der Waals surface area contributed by atoms with E-state index in [9.17, 15) is 0 Å². The number of hydrogen-bond acceptors (Lipinski definition) is 4. The van der Waals surface area contributed by atoms with Crippen molar-refractivity contribution in [3.8, 4) is 11.4 Å². The first-order chi connectivity index (χ1) is 5.79. The number of hydrogen-bond donors (Lipinski definition) is 1. The van der Waals surface area contributed by atoms with E-state index in [2.05, 4.69) is 10.2 Å². The zero-order valence-electron chi connectivity index (χ0n) is 6.56. The normalized spacial score (nSPS) is 10.4. The molecule has 0 saturated carbocycles. The average molecular weight is 180 g/mol. The lowest BCUT2D eigenvalue weighted by molar-refractivity contribution is 0.920. The van der Waals surface area contributed by atoms with Crippen LogP contribution in [0.3, 0.4) is 0 Å². The average Bonchev–Trinajstić information content (AvgIpc) is 2.59. The van der Waals surface area contributed by atoms with Crippen LogP contribution in [0.2, 0.25) is 0 Å². The molecule has 0 bridgehead atoms. The second kappa shape index (κ2) is 2.60. The van der Waals surface area contributed by atoms with Crippen LogP contribution in [0, 0.1) is 0 Å². The van der Waals surface area contributed by atoms with E-state index in [1.165, 1.54) is 11.3 Å². The molecule has 2 heterocycles. The molecule has 0 aliphatic heterocycles. The van der Waals surface area contributed by atoms with Gasteiger partial charge in [0, 0.05) is 7.05 Å². The van der Waals surface area contributed by atoms with Crippen molar-refractivity contribution in [2.75, 3.05) is 5.73 Å². The Hall–Kier alpha value is -1.36. The van der Waals surface area contributed by atoms with Gasteiger partial charge < -0.3 is 10.3 Å². The van der Waals surface area contributed by atoms with Gasteiger partial charge in [-0.2, -0.15) is 0 Å². The zero-order valence-corrected chi connectivity index (χ0v) is 7.38. The first kappa shape index (κ1) is 7.30. The summed E-state index contributed by atoms with van der Waals surface area (Å²) in [6, 6.07) is 1.95. The van der Waals surface area contributed by atoms with Gasteiger partial charge in [-0.1, -0.05) is 0 Å². The quantitative estimate of drug-likeness (QED) is 0.715. The van der Waals surface area contributed by atoms with E-state index in [1.54, 1.807) is 6.33 Å². The molecule has 0 fully saturated rings. The van der Waals surface area contributed by atoms with Crippen LogP contribution in [0.5, 0.6) is 0 Å². The third kappa shape index (κ3) is 0.984. The molecule has 0 radical (unpaired) electrons. The van der Waals surface area contributed by atoms with E-state index in [4.69, 9.17) is 5.73 Å². The Kier molecular flexibility index (Phi) is 1.58. The van der Waals surface area contributed by atoms with Crippen LogP contribution in [0.25, 0.3) is 11.4 Å². The van der Waals surface area contributed by atoms with Gasteiger partial charge in [0.25, 0.3) is 0 Å². The zero-order chi connectivity index (χ0) is 8.55. The maximum atomic E-state index is 5.74. The fraction of sp³-hybridized carbons (Fsp3) is 0.143. The molecule has 2 rings (SSSR count). The van der Waals surface area contributed by atoms with Crippen molar-refractivity contribution in [2.24, 2.45) is 7.05 Å². The number of nitrogen functional groups attached to an aromatic ring is 1. The SMILES string of the molecule is Cn1cnnc1-c1ccsc1N. The number of nitrogens with two attached hydrogens (primary N) is 1. The summed E-state index contributed by atoms with van der Waals surface area (Å²) in [5.41, 5.74) is 6.70. The standard InChI is InChI=1S/C7H8N4S/c1-11-4-9-10-7(11)5-2-3-12-6(5)8/h2-4H,8H2,1H3. The second-order valence-corrected chi connectivity index (χ2v) is 3.41. The maximum Gasteiger partial charge on any atom is 0.166 e. The molecule has 2 N–H and O–H groups in total. The molecule has 4 nitrogen and oxygen atoms in total. The van der Waals surface area contributed by atoms with Crippen molar-refractivity contribution < 1.29 is 0 Å². The lowest BCUT2D eigenvalue weighted by Crippen LogP contribution is -1.92. The first-order valence-electron chi connectivity index (χ1n) is 3.46. The third-order valence-corrected chi connectivity index (χ3v) is 2.39. The summed E-state index contributed by atoms with van der Waals surface area (Å²) in [7, 11) is 1.90. The highest BCUT2D eigenvalue weighted by Crippen LogP contribution is 2.27. The molecular weight excluding hydrogens is 172 g/mol. The molecule has 12 heavy (non-hydrogen) atoms.